The molecule has 0 aliphatic rings. The Morgan fingerprint density at radius 2 is 2.08 bits per heavy atom. The van der Waals surface area contributed by atoms with Gasteiger partial charge >= 0.3 is 12.0 Å². The van der Waals surface area contributed by atoms with Gasteiger partial charge in [-0.2, -0.15) is 5.10 Å². The average Bonchev–Trinajstić information content (AvgIpc) is 3.14. The van der Waals surface area contributed by atoms with Crippen molar-refractivity contribution in [2.45, 2.75) is 6.92 Å². The first-order valence-corrected chi connectivity index (χ1v) is 8.56. The smallest absolute Gasteiger partial charge is 0.348 e. The van der Waals surface area contributed by atoms with Crippen LogP contribution in [0.5, 0.6) is 0 Å². The van der Waals surface area contributed by atoms with Crippen molar-refractivity contribution in [1.82, 2.24) is 15.1 Å². The Morgan fingerprint density at radius 3 is 2.77 bits per heavy atom. The van der Waals surface area contributed by atoms with Gasteiger partial charge < -0.3 is 10.5 Å². The molecule has 2 aromatic heterocycles. The summed E-state index contributed by atoms with van der Waals surface area (Å²) < 4.78 is 6.56. The third-order valence-electron chi connectivity index (χ3n) is 3.42. The first-order valence-electron chi connectivity index (χ1n) is 7.37. The van der Waals surface area contributed by atoms with Crippen molar-refractivity contribution in [3.8, 4) is 5.69 Å². The summed E-state index contributed by atoms with van der Waals surface area (Å²) in [6, 6.07) is 7.85. The first-order chi connectivity index (χ1) is 12.4. The molecule has 3 rings (SSSR count). The third-order valence-corrected chi connectivity index (χ3v) is 4.83. The number of nitrogens with one attached hydrogen (secondary N) is 1. The molecule has 134 valence electrons. The van der Waals surface area contributed by atoms with E-state index >= 15 is 0 Å². The van der Waals surface area contributed by atoms with Gasteiger partial charge in [0.05, 0.1) is 16.4 Å². The van der Waals surface area contributed by atoms with Crippen LogP contribution in [0.15, 0.2) is 30.3 Å². The lowest BCUT2D eigenvalue weighted by molar-refractivity contribution is -0.123. The summed E-state index contributed by atoms with van der Waals surface area (Å²) in [5.41, 5.74) is 6.23. The molecule has 0 spiro atoms. The fraction of sp³-hybridized carbons (Fsp3) is 0.125. The van der Waals surface area contributed by atoms with Crippen molar-refractivity contribution in [3.63, 3.8) is 0 Å². The quantitative estimate of drug-likeness (QED) is 0.661. The van der Waals surface area contributed by atoms with Gasteiger partial charge in [-0.25, -0.2) is 14.3 Å². The number of para-hydroxylation sites is 1. The highest BCUT2D eigenvalue weighted by Crippen LogP contribution is 2.32. The van der Waals surface area contributed by atoms with Gasteiger partial charge in [0.2, 0.25) is 0 Å². The number of nitrogens with zero attached hydrogens (tertiary/aromatic N) is 2. The number of aryl methyl sites for hydroxylation is 1. The van der Waals surface area contributed by atoms with Crippen LogP contribution in [0.3, 0.4) is 0 Å². The van der Waals surface area contributed by atoms with E-state index in [1.807, 2.05) is 30.4 Å². The number of fused-ring (bicyclic) bond motifs is 1. The van der Waals surface area contributed by atoms with Crippen molar-refractivity contribution in [1.29, 1.82) is 0 Å². The lowest BCUT2D eigenvalue weighted by atomic mass is 10.3. The van der Waals surface area contributed by atoms with E-state index in [-0.39, 0.29) is 0 Å². The number of halogens is 1. The van der Waals surface area contributed by atoms with Gasteiger partial charge in [0.15, 0.2) is 6.61 Å². The zero-order chi connectivity index (χ0) is 18.8. The molecule has 26 heavy (non-hydrogen) atoms. The highest BCUT2D eigenvalue weighted by atomic mass is 35.5. The van der Waals surface area contributed by atoms with E-state index in [0.29, 0.717) is 15.6 Å². The number of carbonyl (C=O) groups is 3. The number of benzene rings is 1. The van der Waals surface area contributed by atoms with E-state index in [0.717, 1.165) is 15.9 Å². The Morgan fingerprint density at radius 1 is 1.35 bits per heavy atom. The maximum atomic E-state index is 12.2. The summed E-state index contributed by atoms with van der Waals surface area (Å²) in [7, 11) is 0. The van der Waals surface area contributed by atoms with Crippen molar-refractivity contribution in [2.75, 3.05) is 6.61 Å². The minimum absolute atomic E-state index is 0.299. The summed E-state index contributed by atoms with van der Waals surface area (Å²) in [5.74, 6) is -1.48. The SMILES string of the molecule is Cc1nn(-c2ccccc2Cl)c2sc(C(=O)OCC(=O)NC(N)=O)cc12. The molecule has 8 nitrogen and oxygen atoms in total. The van der Waals surface area contributed by atoms with Gasteiger partial charge in [-0.05, 0) is 25.1 Å². The number of aromatic nitrogens is 2. The standard InChI is InChI=1S/C16H13ClN4O4S/c1-8-9-6-12(15(23)25-7-13(22)19-16(18)24)26-14(9)21(20-8)11-5-3-2-4-10(11)17/h2-6H,7H2,1H3,(H3,18,19,22,24). The van der Waals surface area contributed by atoms with Crippen LogP contribution in [0.25, 0.3) is 15.9 Å². The number of thiophene rings is 1. The summed E-state index contributed by atoms with van der Waals surface area (Å²) in [6.07, 6.45) is 0. The maximum absolute atomic E-state index is 12.2. The molecule has 0 fully saturated rings. The van der Waals surface area contributed by atoms with Crippen LogP contribution in [0.4, 0.5) is 4.79 Å². The maximum Gasteiger partial charge on any atom is 0.348 e. The van der Waals surface area contributed by atoms with E-state index in [9.17, 15) is 14.4 Å². The van der Waals surface area contributed by atoms with Crippen LogP contribution < -0.4 is 11.1 Å². The molecule has 0 bridgehead atoms. The first kappa shape index (κ1) is 17.9. The third kappa shape index (κ3) is 3.53. The summed E-state index contributed by atoms with van der Waals surface area (Å²) in [5, 5.41) is 7.58. The minimum atomic E-state index is -1.01. The second kappa shape index (κ2) is 7.14. The molecular weight excluding hydrogens is 380 g/mol. The number of primary amides is 1. The van der Waals surface area contributed by atoms with Gasteiger partial charge in [0.1, 0.15) is 9.71 Å². The summed E-state index contributed by atoms with van der Waals surface area (Å²) >= 11 is 7.40. The number of hydrogen-bond donors (Lipinski definition) is 2. The zero-order valence-electron chi connectivity index (χ0n) is 13.5. The molecule has 3 N–H and O–H groups in total. The normalized spacial score (nSPS) is 10.7. The number of esters is 1. The molecule has 2 heterocycles. The number of urea groups is 1. The Kier molecular flexibility index (Phi) is 4.92. The Balaban J connectivity index is 1.87. The number of imide groups is 1. The van der Waals surface area contributed by atoms with E-state index in [1.165, 1.54) is 11.3 Å². The molecule has 0 radical (unpaired) electrons. The zero-order valence-corrected chi connectivity index (χ0v) is 15.1. The lowest BCUT2D eigenvalue weighted by Crippen LogP contribution is -2.37. The number of ether oxygens (including phenoxy) is 1. The second-order valence-corrected chi connectivity index (χ2v) is 6.70. The van der Waals surface area contributed by atoms with Gasteiger partial charge in [-0.15, -0.1) is 11.3 Å². The van der Waals surface area contributed by atoms with Gasteiger partial charge in [0, 0.05) is 5.39 Å². The predicted molar refractivity (Wildman–Crippen MR) is 96.7 cm³/mol. The molecule has 0 aliphatic carbocycles. The Bertz CT molecular complexity index is 1030. The fourth-order valence-corrected chi connectivity index (χ4v) is 3.60. The largest absolute Gasteiger partial charge is 0.451 e. The molecule has 1 aromatic carbocycles. The van der Waals surface area contributed by atoms with Crippen LogP contribution in [-0.4, -0.2) is 34.3 Å². The number of amides is 3. The van der Waals surface area contributed by atoms with E-state index in [2.05, 4.69) is 5.10 Å². The predicted octanol–water partition coefficient (Wildman–Crippen LogP) is 2.40. The van der Waals surface area contributed by atoms with Crippen molar-refractivity contribution in [3.05, 3.63) is 45.9 Å². The van der Waals surface area contributed by atoms with Gasteiger partial charge in [0.25, 0.3) is 5.91 Å². The molecule has 0 aliphatic heterocycles. The highest BCUT2D eigenvalue weighted by molar-refractivity contribution is 7.20. The monoisotopic (exact) mass is 392 g/mol. The van der Waals surface area contributed by atoms with Crippen LogP contribution in [0.1, 0.15) is 15.4 Å². The Hall–Kier alpha value is -2.91. The minimum Gasteiger partial charge on any atom is -0.451 e. The summed E-state index contributed by atoms with van der Waals surface area (Å²) in [6.45, 7) is 1.21. The van der Waals surface area contributed by atoms with Crippen LogP contribution in [0, 0.1) is 6.92 Å². The molecule has 0 saturated carbocycles. The summed E-state index contributed by atoms with van der Waals surface area (Å²) in [4.78, 5) is 35.1. The van der Waals surface area contributed by atoms with Gasteiger partial charge in [-0.3, -0.25) is 10.1 Å². The average molecular weight is 393 g/mol. The topological polar surface area (TPSA) is 116 Å². The molecule has 0 saturated heterocycles. The lowest BCUT2D eigenvalue weighted by Gasteiger charge is -2.04. The molecule has 3 amide bonds. The van der Waals surface area contributed by atoms with E-state index in [4.69, 9.17) is 22.1 Å². The molecule has 0 atom stereocenters. The molecular formula is C16H13ClN4O4S. The number of rotatable bonds is 4. The fourth-order valence-electron chi connectivity index (χ4n) is 2.31. The number of carbonyl (C=O) groups excluding carboxylic acids is 3. The molecule has 3 aromatic rings. The van der Waals surface area contributed by atoms with Crippen LogP contribution in [0.2, 0.25) is 5.02 Å². The molecule has 0 unspecified atom stereocenters. The van der Waals surface area contributed by atoms with Crippen LogP contribution >= 0.6 is 22.9 Å². The van der Waals surface area contributed by atoms with Crippen molar-refractivity contribution >= 4 is 51.1 Å². The Labute approximate surface area is 156 Å². The van der Waals surface area contributed by atoms with Crippen molar-refractivity contribution < 1.29 is 19.1 Å². The van der Waals surface area contributed by atoms with E-state index < -0.39 is 24.5 Å². The highest BCUT2D eigenvalue weighted by Gasteiger charge is 2.19. The number of nitrogens with two attached hydrogens (primary N) is 1. The number of hydrogen-bond acceptors (Lipinski definition) is 6. The van der Waals surface area contributed by atoms with E-state index in [1.54, 1.807) is 16.8 Å². The van der Waals surface area contributed by atoms with Crippen LogP contribution in [-0.2, 0) is 9.53 Å². The van der Waals surface area contributed by atoms with Gasteiger partial charge in [-0.1, -0.05) is 23.7 Å². The van der Waals surface area contributed by atoms with Crippen molar-refractivity contribution in [2.24, 2.45) is 5.73 Å². The second-order valence-electron chi connectivity index (χ2n) is 5.27. The molecule has 10 heteroatoms.